The fourth-order valence-electron chi connectivity index (χ4n) is 4.09. The van der Waals surface area contributed by atoms with Gasteiger partial charge in [0.2, 0.25) is 11.7 Å². The van der Waals surface area contributed by atoms with Crippen molar-refractivity contribution >= 4 is 35.1 Å². The predicted octanol–water partition coefficient (Wildman–Crippen LogP) is 6.02. The van der Waals surface area contributed by atoms with Gasteiger partial charge in [0.1, 0.15) is 5.52 Å². The second-order valence-corrected chi connectivity index (χ2v) is 9.30. The van der Waals surface area contributed by atoms with Crippen LogP contribution < -0.4 is 19.5 Å². The fourth-order valence-corrected chi connectivity index (χ4v) is 5.13. The number of nitrogens with zero attached hydrogens (tertiary/aromatic N) is 4. The van der Waals surface area contributed by atoms with E-state index in [1.54, 1.807) is 55.9 Å². The highest BCUT2D eigenvalue weighted by molar-refractivity contribution is 7.99. The van der Waals surface area contributed by atoms with Crippen molar-refractivity contribution in [1.82, 2.24) is 19.6 Å². The van der Waals surface area contributed by atoms with Crippen LogP contribution in [0.3, 0.4) is 0 Å². The number of anilines is 2. The fraction of sp³-hybridized carbons (Fsp3) is 0.143. The van der Waals surface area contributed by atoms with E-state index < -0.39 is 0 Å². The number of rotatable bonds is 9. The highest BCUT2D eigenvalue weighted by Crippen LogP contribution is 2.41. The third kappa shape index (κ3) is 4.73. The summed E-state index contributed by atoms with van der Waals surface area (Å²) >= 11 is 1.59. The molecule has 0 aliphatic rings. The summed E-state index contributed by atoms with van der Waals surface area (Å²) in [6, 6.07) is 19.5. The number of nitrogens with one attached hydrogen (secondary N) is 2. The molecule has 5 rings (SSSR count). The van der Waals surface area contributed by atoms with Crippen LogP contribution in [0.1, 0.15) is 11.3 Å². The Morgan fingerprint density at radius 3 is 2.29 bits per heavy atom. The number of hydrogen-bond donors (Lipinski definition) is 2. The number of benzene rings is 3. The molecule has 3 aromatic carbocycles. The molecule has 0 unspecified atom stereocenters. The Labute approximate surface area is 224 Å². The summed E-state index contributed by atoms with van der Waals surface area (Å²) < 4.78 is 18.2. The van der Waals surface area contributed by atoms with Crippen molar-refractivity contribution in [2.24, 2.45) is 0 Å². The average molecular weight is 527 g/mol. The zero-order chi connectivity index (χ0) is 26.6. The molecule has 0 fully saturated rings. The van der Waals surface area contributed by atoms with Gasteiger partial charge in [-0.1, -0.05) is 48.2 Å². The van der Waals surface area contributed by atoms with Crippen LogP contribution in [0.5, 0.6) is 17.2 Å². The van der Waals surface area contributed by atoms with Crippen molar-refractivity contribution in [3.8, 4) is 28.6 Å². The number of ether oxygens (including phenoxy) is 3. The van der Waals surface area contributed by atoms with Gasteiger partial charge in [-0.2, -0.15) is 0 Å². The topological polar surface area (TPSA) is 107 Å². The van der Waals surface area contributed by atoms with Crippen LogP contribution in [-0.2, 0) is 0 Å². The standard InChI is InChI=1S/C28H26N6O3S/c1-17-21-16-30-28(32-19-13-22(35-2)26(37-4)23(14-19)36-3)33-34(21)27(31-17)20-10-6-8-12-25(20)38-24-11-7-5-9-18(24)15-29/h5-16,29H,1-4H3,(H,32,33). The maximum atomic E-state index is 7.77. The summed E-state index contributed by atoms with van der Waals surface area (Å²) in [6.07, 6.45) is 3.12. The lowest BCUT2D eigenvalue weighted by molar-refractivity contribution is 0.324. The molecule has 0 amide bonds. The molecule has 0 radical (unpaired) electrons. The number of methoxy groups -OCH3 is 3. The van der Waals surface area contributed by atoms with Gasteiger partial charge < -0.3 is 24.9 Å². The molecule has 38 heavy (non-hydrogen) atoms. The lowest BCUT2D eigenvalue weighted by Gasteiger charge is -2.14. The molecule has 0 saturated heterocycles. The summed E-state index contributed by atoms with van der Waals surface area (Å²) in [5.41, 5.74) is 4.08. The average Bonchev–Trinajstić information content (AvgIpc) is 3.28. The molecule has 10 heteroatoms. The van der Waals surface area contributed by atoms with E-state index in [1.165, 1.54) is 6.21 Å². The van der Waals surface area contributed by atoms with E-state index in [1.807, 2.05) is 55.5 Å². The molecule has 0 bridgehead atoms. The second kappa shape index (κ2) is 10.8. The van der Waals surface area contributed by atoms with E-state index >= 15 is 0 Å². The molecular weight excluding hydrogens is 500 g/mol. The summed E-state index contributed by atoms with van der Waals surface area (Å²) in [5.74, 6) is 2.62. The monoisotopic (exact) mass is 526 g/mol. The van der Waals surface area contributed by atoms with Crippen molar-refractivity contribution in [2.45, 2.75) is 16.7 Å². The Kier molecular flexibility index (Phi) is 7.14. The smallest absolute Gasteiger partial charge is 0.245 e. The van der Waals surface area contributed by atoms with Gasteiger partial charge >= 0.3 is 0 Å². The lowest BCUT2D eigenvalue weighted by atomic mass is 10.2. The minimum absolute atomic E-state index is 0.379. The molecule has 5 aromatic rings. The van der Waals surface area contributed by atoms with Gasteiger partial charge in [-0.3, -0.25) is 0 Å². The number of aromatic nitrogens is 4. The Morgan fingerprint density at radius 2 is 1.61 bits per heavy atom. The summed E-state index contributed by atoms with van der Waals surface area (Å²) in [7, 11) is 4.70. The van der Waals surface area contributed by atoms with Crippen LogP contribution in [0.2, 0.25) is 0 Å². The summed E-state index contributed by atoms with van der Waals surface area (Å²) in [5, 5.41) is 15.8. The molecule has 0 spiro atoms. The molecule has 9 nitrogen and oxygen atoms in total. The first-order valence-electron chi connectivity index (χ1n) is 11.7. The Bertz CT molecular complexity index is 1610. The Morgan fingerprint density at radius 1 is 0.921 bits per heavy atom. The number of imidazole rings is 1. The molecule has 0 aliphatic heterocycles. The largest absolute Gasteiger partial charge is 0.493 e. The molecule has 2 N–H and O–H groups in total. The first kappa shape index (κ1) is 25.1. The van der Waals surface area contributed by atoms with Crippen LogP contribution in [0, 0.1) is 12.3 Å². The van der Waals surface area contributed by atoms with E-state index in [-0.39, 0.29) is 0 Å². The van der Waals surface area contributed by atoms with E-state index in [0.717, 1.165) is 32.1 Å². The molecule has 0 saturated carbocycles. The Hall–Kier alpha value is -4.57. The zero-order valence-electron chi connectivity index (χ0n) is 21.4. The van der Waals surface area contributed by atoms with Crippen LogP contribution >= 0.6 is 11.8 Å². The van der Waals surface area contributed by atoms with Gasteiger partial charge in [0, 0.05) is 45.0 Å². The number of aryl methyl sites for hydroxylation is 1. The van der Waals surface area contributed by atoms with Gasteiger partial charge in [-0.15, -0.1) is 5.10 Å². The van der Waals surface area contributed by atoms with E-state index in [2.05, 4.69) is 10.3 Å². The highest BCUT2D eigenvalue weighted by Gasteiger charge is 2.18. The maximum absolute atomic E-state index is 7.77. The van der Waals surface area contributed by atoms with Crippen molar-refractivity contribution in [1.29, 1.82) is 5.41 Å². The van der Waals surface area contributed by atoms with Crippen molar-refractivity contribution in [2.75, 3.05) is 26.6 Å². The molecule has 0 aliphatic carbocycles. The van der Waals surface area contributed by atoms with Crippen molar-refractivity contribution in [3.05, 3.63) is 78.1 Å². The van der Waals surface area contributed by atoms with Crippen LogP contribution in [0.25, 0.3) is 16.9 Å². The van der Waals surface area contributed by atoms with Gasteiger partial charge in [0.05, 0.1) is 33.2 Å². The minimum Gasteiger partial charge on any atom is -0.493 e. The van der Waals surface area contributed by atoms with E-state index in [0.29, 0.717) is 34.7 Å². The van der Waals surface area contributed by atoms with Crippen LogP contribution in [0.15, 0.2) is 76.7 Å². The van der Waals surface area contributed by atoms with Gasteiger partial charge in [-0.25, -0.2) is 14.5 Å². The molecule has 2 aromatic heterocycles. The lowest BCUT2D eigenvalue weighted by Crippen LogP contribution is -2.04. The molecule has 192 valence electrons. The highest BCUT2D eigenvalue weighted by atomic mass is 32.2. The molecular formula is C28H26N6O3S. The first-order chi connectivity index (χ1) is 18.6. The predicted molar refractivity (Wildman–Crippen MR) is 149 cm³/mol. The normalized spacial score (nSPS) is 10.8. The van der Waals surface area contributed by atoms with Crippen LogP contribution in [-0.4, -0.2) is 47.1 Å². The number of fused-ring (bicyclic) bond motifs is 1. The SMILES string of the molecule is COc1cc(Nc2ncc3c(C)nc(-c4ccccc4Sc4ccccc4C=N)n3n2)cc(OC)c1OC. The third-order valence-corrected chi connectivity index (χ3v) is 7.09. The quantitative estimate of drug-likeness (QED) is 0.225. The Balaban J connectivity index is 1.56. The van der Waals surface area contributed by atoms with Crippen LogP contribution in [0.4, 0.5) is 11.6 Å². The third-order valence-electron chi connectivity index (χ3n) is 5.92. The maximum Gasteiger partial charge on any atom is 0.245 e. The van der Waals surface area contributed by atoms with Crippen molar-refractivity contribution < 1.29 is 14.2 Å². The number of hydrogen-bond acceptors (Lipinski definition) is 9. The van der Waals surface area contributed by atoms with Gasteiger partial charge in [0.25, 0.3) is 0 Å². The first-order valence-corrected chi connectivity index (χ1v) is 12.5. The minimum atomic E-state index is 0.379. The zero-order valence-corrected chi connectivity index (χ0v) is 22.2. The van der Waals surface area contributed by atoms with Gasteiger partial charge in [-0.05, 0) is 19.1 Å². The van der Waals surface area contributed by atoms with Gasteiger partial charge in [0.15, 0.2) is 17.3 Å². The second-order valence-electron chi connectivity index (χ2n) is 8.22. The van der Waals surface area contributed by atoms with Crippen molar-refractivity contribution in [3.63, 3.8) is 0 Å². The molecule has 0 atom stereocenters. The molecule has 2 heterocycles. The summed E-state index contributed by atoms with van der Waals surface area (Å²) in [6.45, 7) is 1.94. The van der Waals surface area contributed by atoms with E-state index in [4.69, 9.17) is 29.7 Å². The van der Waals surface area contributed by atoms with E-state index in [9.17, 15) is 0 Å². The summed E-state index contributed by atoms with van der Waals surface area (Å²) in [4.78, 5) is 11.4.